The highest BCUT2D eigenvalue weighted by atomic mass is 16.5. The van der Waals surface area contributed by atoms with Gasteiger partial charge in [-0.15, -0.1) is 0 Å². The Morgan fingerprint density at radius 1 is 1.50 bits per heavy atom. The van der Waals surface area contributed by atoms with Crippen molar-refractivity contribution in [3.05, 3.63) is 11.6 Å². The second kappa shape index (κ2) is 6.85. The summed E-state index contributed by atoms with van der Waals surface area (Å²) in [5.41, 5.74) is 5.99. The third-order valence-corrected chi connectivity index (χ3v) is 1.62. The van der Waals surface area contributed by atoms with Gasteiger partial charge in [-0.25, -0.2) is 4.79 Å². The minimum atomic E-state index is -0.247. The minimum absolute atomic E-state index is 0.247. The van der Waals surface area contributed by atoms with Crippen molar-refractivity contribution in [1.29, 1.82) is 0 Å². The molecule has 12 heavy (non-hydrogen) atoms. The summed E-state index contributed by atoms with van der Waals surface area (Å²) in [6.45, 7) is 2.47. The normalized spacial score (nSPS) is 11.4. The molecular weight excluding hydrogens is 154 g/mol. The molecule has 0 heterocycles. The molecule has 0 unspecified atom stereocenters. The summed E-state index contributed by atoms with van der Waals surface area (Å²) in [7, 11) is 1.39. The van der Waals surface area contributed by atoms with Gasteiger partial charge in [0.1, 0.15) is 0 Å². The summed E-state index contributed by atoms with van der Waals surface area (Å²) in [5.74, 6) is -0.247. The quantitative estimate of drug-likeness (QED) is 0.384. The molecule has 0 aliphatic heterocycles. The Bertz CT molecular complexity index is 164. The molecule has 2 N–H and O–H groups in total. The highest BCUT2D eigenvalue weighted by Gasteiger charge is 2.00. The summed E-state index contributed by atoms with van der Waals surface area (Å²) in [4.78, 5) is 10.9. The van der Waals surface area contributed by atoms with Crippen molar-refractivity contribution in [2.75, 3.05) is 13.7 Å². The number of unbranched alkanes of at least 4 members (excludes halogenated alkanes) is 2. The first-order chi connectivity index (χ1) is 5.72. The molecule has 0 rings (SSSR count). The third-order valence-electron chi connectivity index (χ3n) is 1.62. The molecule has 0 atom stereocenters. The maximum absolute atomic E-state index is 10.9. The van der Waals surface area contributed by atoms with E-state index in [-0.39, 0.29) is 5.97 Å². The molecule has 0 aromatic rings. The molecular formula is C9H17NO2. The number of carbonyl (C=O) groups is 1. The standard InChI is InChI=1S/C9H17NO2/c1-8(9(11)12-2)6-4-3-5-7-10/h6H,3-5,7,10H2,1-2H3. The molecule has 0 spiro atoms. The van der Waals surface area contributed by atoms with Crippen LogP contribution in [0.25, 0.3) is 0 Å². The molecule has 3 nitrogen and oxygen atoms in total. The fourth-order valence-corrected chi connectivity index (χ4v) is 0.852. The highest BCUT2D eigenvalue weighted by molar-refractivity contribution is 5.87. The third kappa shape index (κ3) is 4.91. The van der Waals surface area contributed by atoms with Crippen LogP contribution in [0.3, 0.4) is 0 Å². The van der Waals surface area contributed by atoms with Crippen molar-refractivity contribution < 1.29 is 9.53 Å². The molecule has 0 aliphatic carbocycles. The van der Waals surface area contributed by atoms with Crippen LogP contribution in [0.2, 0.25) is 0 Å². The average Bonchev–Trinajstić information content (AvgIpc) is 2.10. The van der Waals surface area contributed by atoms with E-state index in [2.05, 4.69) is 4.74 Å². The summed E-state index contributed by atoms with van der Waals surface area (Å²) in [6, 6.07) is 0. The lowest BCUT2D eigenvalue weighted by Crippen LogP contribution is -2.01. The van der Waals surface area contributed by atoms with Gasteiger partial charge in [-0.05, 0) is 32.7 Å². The number of hydrogen-bond acceptors (Lipinski definition) is 3. The number of ether oxygens (including phenoxy) is 1. The van der Waals surface area contributed by atoms with Crippen LogP contribution < -0.4 is 5.73 Å². The number of nitrogens with two attached hydrogens (primary N) is 1. The van der Waals surface area contributed by atoms with E-state index >= 15 is 0 Å². The van der Waals surface area contributed by atoms with E-state index in [4.69, 9.17) is 5.73 Å². The van der Waals surface area contributed by atoms with Crippen molar-refractivity contribution in [2.24, 2.45) is 5.73 Å². The average molecular weight is 171 g/mol. The largest absolute Gasteiger partial charge is 0.466 e. The van der Waals surface area contributed by atoms with Crippen LogP contribution in [0.1, 0.15) is 26.2 Å². The minimum Gasteiger partial charge on any atom is -0.466 e. The smallest absolute Gasteiger partial charge is 0.333 e. The molecule has 0 aromatic carbocycles. The van der Waals surface area contributed by atoms with Crippen LogP contribution in [0.4, 0.5) is 0 Å². The summed E-state index contributed by atoms with van der Waals surface area (Å²) in [5, 5.41) is 0. The Morgan fingerprint density at radius 2 is 2.17 bits per heavy atom. The fraction of sp³-hybridized carbons (Fsp3) is 0.667. The molecule has 0 amide bonds. The molecule has 0 aromatic heterocycles. The number of rotatable bonds is 5. The van der Waals surface area contributed by atoms with Gasteiger partial charge in [-0.3, -0.25) is 0 Å². The second-order valence-electron chi connectivity index (χ2n) is 2.66. The SMILES string of the molecule is COC(=O)C(C)=CCCCCN. The highest BCUT2D eigenvalue weighted by Crippen LogP contribution is 2.01. The number of methoxy groups -OCH3 is 1. The first-order valence-corrected chi connectivity index (χ1v) is 4.17. The van der Waals surface area contributed by atoms with E-state index in [9.17, 15) is 4.79 Å². The van der Waals surface area contributed by atoms with Gasteiger partial charge in [0.25, 0.3) is 0 Å². The lowest BCUT2D eigenvalue weighted by Gasteiger charge is -1.98. The predicted molar refractivity (Wildman–Crippen MR) is 48.7 cm³/mol. The zero-order chi connectivity index (χ0) is 9.40. The monoisotopic (exact) mass is 171 g/mol. The molecule has 0 fully saturated rings. The maximum Gasteiger partial charge on any atom is 0.333 e. The summed E-state index contributed by atoms with van der Waals surface area (Å²) >= 11 is 0. The van der Waals surface area contributed by atoms with Crippen molar-refractivity contribution in [3.63, 3.8) is 0 Å². The van der Waals surface area contributed by atoms with Crippen molar-refractivity contribution >= 4 is 5.97 Å². The number of hydrogen-bond donors (Lipinski definition) is 1. The van der Waals surface area contributed by atoms with E-state index in [1.54, 1.807) is 6.92 Å². The molecule has 70 valence electrons. The number of carbonyl (C=O) groups excluding carboxylic acids is 1. The van der Waals surface area contributed by atoms with Crippen LogP contribution in [-0.2, 0) is 9.53 Å². The Kier molecular flexibility index (Phi) is 6.38. The lowest BCUT2D eigenvalue weighted by molar-refractivity contribution is -0.136. The van der Waals surface area contributed by atoms with Crippen molar-refractivity contribution in [2.45, 2.75) is 26.2 Å². The number of esters is 1. The van der Waals surface area contributed by atoms with Gasteiger partial charge in [-0.2, -0.15) is 0 Å². The second-order valence-corrected chi connectivity index (χ2v) is 2.66. The van der Waals surface area contributed by atoms with Gasteiger partial charge < -0.3 is 10.5 Å². The fourth-order valence-electron chi connectivity index (χ4n) is 0.852. The van der Waals surface area contributed by atoms with Gasteiger partial charge in [-0.1, -0.05) is 6.08 Å². The topological polar surface area (TPSA) is 52.3 Å². The van der Waals surface area contributed by atoms with Gasteiger partial charge in [0, 0.05) is 5.57 Å². The van der Waals surface area contributed by atoms with Gasteiger partial charge in [0.05, 0.1) is 7.11 Å². The Morgan fingerprint density at radius 3 is 2.67 bits per heavy atom. The van der Waals surface area contributed by atoms with Crippen LogP contribution in [0, 0.1) is 0 Å². The van der Waals surface area contributed by atoms with Crippen LogP contribution in [0.5, 0.6) is 0 Å². The van der Waals surface area contributed by atoms with Crippen molar-refractivity contribution in [3.8, 4) is 0 Å². The van der Waals surface area contributed by atoms with Crippen LogP contribution in [-0.4, -0.2) is 19.6 Å². The van der Waals surface area contributed by atoms with E-state index in [0.717, 1.165) is 19.3 Å². The van der Waals surface area contributed by atoms with E-state index in [1.807, 2.05) is 6.08 Å². The molecule has 0 saturated heterocycles. The number of allylic oxidation sites excluding steroid dienone is 1. The Labute approximate surface area is 73.6 Å². The lowest BCUT2D eigenvalue weighted by atomic mass is 10.2. The van der Waals surface area contributed by atoms with Crippen molar-refractivity contribution in [1.82, 2.24) is 0 Å². The maximum atomic E-state index is 10.9. The van der Waals surface area contributed by atoms with E-state index in [0.29, 0.717) is 12.1 Å². The zero-order valence-corrected chi connectivity index (χ0v) is 7.80. The summed E-state index contributed by atoms with van der Waals surface area (Å²) in [6.07, 6.45) is 4.83. The Balaban J connectivity index is 3.61. The van der Waals surface area contributed by atoms with Crippen LogP contribution in [0.15, 0.2) is 11.6 Å². The van der Waals surface area contributed by atoms with Crippen LogP contribution >= 0.6 is 0 Å². The van der Waals surface area contributed by atoms with Gasteiger partial charge in [0.15, 0.2) is 0 Å². The first kappa shape index (κ1) is 11.2. The van der Waals surface area contributed by atoms with Gasteiger partial charge >= 0.3 is 5.97 Å². The van der Waals surface area contributed by atoms with E-state index < -0.39 is 0 Å². The Hall–Kier alpha value is -0.830. The zero-order valence-electron chi connectivity index (χ0n) is 7.80. The molecule has 0 saturated carbocycles. The predicted octanol–water partition coefficient (Wildman–Crippen LogP) is 1.23. The van der Waals surface area contributed by atoms with E-state index in [1.165, 1.54) is 7.11 Å². The molecule has 0 bridgehead atoms. The first-order valence-electron chi connectivity index (χ1n) is 4.17. The summed E-state index contributed by atoms with van der Waals surface area (Å²) < 4.78 is 4.54. The van der Waals surface area contributed by atoms with Gasteiger partial charge in [0.2, 0.25) is 0 Å². The molecule has 3 heteroatoms. The molecule has 0 aliphatic rings. The molecule has 0 radical (unpaired) electrons.